The van der Waals surface area contributed by atoms with Crippen molar-refractivity contribution in [3.05, 3.63) is 71.5 Å². The molecule has 3 atom stereocenters. The highest BCUT2D eigenvalue weighted by molar-refractivity contribution is 5.20. The van der Waals surface area contributed by atoms with E-state index in [0.29, 0.717) is 18.5 Å². The van der Waals surface area contributed by atoms with Gasteiger partial charge in [-0.25, -0.2) is 4.39 Å². The lowest BCUT2D eigenvalue weighted by atomic mass is 10.00. The lowest BCUT2D eigenvalue weighted by Gasteiger charge is -2.28. The molecule has 1 heterocycles. The van der Waals surface area contributed by atoms with Crippen LogP contribution in [0.1, 0.15) is 42.6 Å². The molecule has 1 aliphatic heterocycles. The Morgan fingerprint density at radius 3 is 2.46 bits per heavy atom. The average molecular weight is 329 g/mol. The van der Waals surface area contributed by atoms with Crippen LogP contribution >= 0.6 is 0 Å². The fourth-order valence-corrected chi connectivity index (χ4v) is 3.54. The zero-order valence-electron chi connectivity index (χ0n) is 13.7. The van der Waals surface area contributed by atoms with Crippen LogP contribution in [0.5, 0.6) is 0 Å². The Labute approximate surface area is 142 Å². The third kappa shape index (κ3) is 4.01. The highest BCUT2D eigenvalue weighted by atomic mass is 19.1. The molecule has 2 N–H and O–H groups in total. The molecule has 1 aliphatic rings. The molecule has 24 heavy (non-hydrogen) atoms. The quantitative estimate of drug-likeness (QED) is 0.853. The third-order valence-corrected chi connectivity index (χ3v) is 4.85. The maximum absolute atomic E-state index is 13.8. The number of hydrogen-bond acceptors (Lipinski definition) is 3. The van der Waals surface area contributed by atoms with Gasteiger partial charge in [0.15, 0.2) is 0 Å². The van der Waals surface area contributed by atoms with Gasteiger partial charge in [0.25, 0.3) is 0 Å². The van der Waals surface area contributed by atoms with Gasteiger partial charge in [0.05, 0.1) is 12.2 Å². The fraction of sp³-hybridized carbons (Fsp3) is 0.400. The van der Waals surface area contributed by atoms with Crippen molar-refractivity contribution in [3.8, 4) is 0 Å². The Morgan fingerprint density at radius 1 is 1.00 bits per heavy atom. The molecule has 0 saturated carbocycles. The number of nitrogens with zero attached hydrogens (tertiary/aromatic N) is 1. The van der Waals surface area contributed by atoms with E-state index in [1.165, 1.54) is 6.07 Å². The zero-order chi connectivity index (χ0) is 16.9. The van der Waals surface area contributed by atoms with Crippen LogP contribution in [0.3, 0.4) is 0 Å². The van der Waals surface area contributed by atoms with Gasteiger partial charge in [0.2, 0.25) is 0 Å². The molecule has 0 spiro atoms. The van der Waals surface area contributed by atoms with Crippen molar-refractivity contribution < 1.29 is 14.6 Å². The summed E-state index contributed by atoms with van der Waals surface area (Å²) in [5.74, 6) is -0.370. The second kappa shape index (κ2) is 7.88. The van der Waals surface area contributed by atoms with Crippen LogP contribution in [0.15, 0.2) is 54.6 Å². The van der Waals surface area contributed by atoms with Gasteiger partial charge >= 0.3 is 0 Å². The van der Waals surface area contributed by atoms with Crippen molar-refractivity contribution in [3.63, 3.8) is 0 Å². The minimum absolute atomic E-state index is 0.210. The molecule has 3 unspecified atom stereocenters. The summed E-state index contributed by atoms with van der Waals surface area (Å²) >= 11 is 0. The van der Waals surface area contributed by atoms with Gasteiger partial charge in [-0.15, -0.1) is 0 Å². The molecule has 0 bridgehead atoms. The van der Waals surface area contributed by atoms with Crippen LogP contribution in [0.2, 0.25) is 0 Å². The second-order valence-electron chi connectivity index (χ2n) is 6.49. The number of aliphatic hydroxyl groups excluding tert-OH is 2. The van der Waals surface area contributed by atoms with Gasteiger partial charge in [-0.3, -0.25) is 4.90 Å². The molecule has 4 heteroatoms. The van der Waals surface area contributed by atoms with Crippen LogP contribution < -0.4 is 0 Å². The number of halogens is 1. The zero-order valence-corrected chi connectivity index (χ0v) is 13.7. The fourth-order valence-electron chi connectivity index (χ4n) is 3.54. The Balaban J connectivity index is 1.62. The van der Waals surface area contributed by atoms with Crippen LogP contribution in [0.25, 0.3) is 0 Å². The van der Waals surface area contributed by atoms with E-state index in [1.54, 1.807) is 18.2 Å². The smallest absolute Gasteiger partial charge is 0.129 e. The lowest BCUT2D eigenvalue weighted by Crippen LogP contribution is -2.34. The molecule has 3 nitrogen and oxygen atoms in total. The summed E-state index contributed by atoms with van der Waals surface area (Å²) in [6, 6.07) is 16.2. The van der Waals surface area contributed by atoms with Gasteiger partial charge in [0, 0.05) is 18.2 Å². The molecule has 1 saturated heterocycles. The summed E-state index contributed by atoms with van der Waals surface area (Å²) in [5, 5.41) is 20.8. The van der Waals surface area contributed by atoms with Gasteiger partial charge in [0.1, 0.15) is 5.82 Å². The summed E-state index contributed by atoms with van der Waals surface area (Å²) in [6.07, 6.45) is 1.31. The molecule has 0 aliphatic carbocycles. The van der Waals surface area contributed by atoms with Crippen LogP contribution in [0.4, 0.5) is 4.39 Å². The Bertz CT molecular complexity index is 649. The molecule has 0 amide bonds. The highest BCUT2D eigenvalue weighted by Crippen LogP contribution is 2.29. The number of hydrogen-bond donors (Lipinski definition) is 2. The molecular weight excluding hydrogens is 305 g/mol. The first-order valence-corrected chi connectivity index (χ1v) is 8.54. The number of β-amino-alcohol motifs (C(OH)–C–C–N with tert-alkyl or cyclic N) is 1. The Kier molecular flexibility index (Phi) is 5.61. The maximum Gasteiger partial charge on any atom is 0.129 e. The summed E-state index contributed by atoms with van der Waals surface area (Å²) in [5.41, 5.74) is 1.26. The summed E-state index contributed by atoms with van der Waals surface area (Å²) < 4.78 is 13.8. The van der Waals surface area contributed by atoms with E-state index in [9.17, 15) is 14.6 Å². The monoisotopic (exact) mass is 329 g/mol. The first-order chi connectivity index (χ1) is 11.6. The lowest BCUT2D eigenvalue weighted by molar-refractivity contribution is 0.0768. The number of aliphatic hydroxyl groups is 2. The van der Waals surface area contributed by atoms with E-state index in [1.807, 2.05) is 30.3 Å². The SMILES string of the molecule is OC(CC1CCCN1CC(O)c1ccccc1F)c1ccccc1. The standard InChI is InChI=1S/C20H24FNO2/c21-18-11-5-4-10-17(18)20(24)14-22-12-6-9-16(22)13-19(23)15-7-2-1-3-8-15/h1-5,7-8,10-11,16,19-20,23-24H,6,9,12-14H2. The average Bonchev–Trinajstić information content (AvgIpc) is 3.02. The van der Waals surface area contributed by atoms with Crippen molar-refractivity contribution >= 4 is 0 Å². The van der Waals surface area contributed by atoms with Crippen molar-refractivity contribution in [1.82, 2.24) is 4.90 Å². The normalized spacial score (nSPS) is 20.9. The first-order valence-electron chi connectivity index (χ1n) is 8.54. The minimum Gasteiger partial charge on any atom is -0.388 e. The van der Waals surface area contributed by atoms with Crippen LogP contribution in [-0.4, -0.2) is 34.2 Å². The molecule has 0 radical (unpaired) electrons. The molecule has 3 rings (SSSR count). The summed E-state index contributed by atoms with van der Waals surface area (Å²) in [6.45, 7) is 1.27. The maximum atomic E-state index is 13.8. The van der Waals surface area contributed by atoms with Gasteiger partial charge in [-0.2, -0.15) is 0 Å². The Morgan fingerprint density at radius 2 is 1.71 bits per heavy atom. The van der Waals surface area contributed by atoms with Crippen LogP contribution in [0, 0.1) is 5.82 Å². The van der Waals surface area contributed by atoms with E-state index in [0.717, 1.165) is 24.9 Å². The minimum atomic E-state index is -0.847. The molecule has 2 aromatic rings. The summed E-state index contributed by atoms with van der Waals surface area (Å²) in [7, 11) is 0. The molecule has 1 fully saturated rings. The van der Waals surface area contributed by atoms with Gasteiger partial charge in [-0.1, -0.05) is 48.5 Å². The molecule has 128 valence electrons. The molecule has 2 aromatic carbocycles. The van der Waals surface area contributed by atoms with Crippen molar-refractivity contribution in [2.45, 2.75) is 37.5 Å². The molecular formula is C20H24FNO2. The van der Waals surface area contributed by atoms with E-state index >= 15 is 0 Å². The number of benzene rings is 2. The summed E-state index contributed by atoms with van der Waals surface area (Å²) in [4.78, 5) is 2.17. The highest BCUT2D eigenvalue weighted by Gasteiger charge is 2.29. The van der Waals surface area contributed by atoms with E-state index < -0.39 is 12.2 Å². The predicted molar refractivity (Wildman–Crippen MR) is 92.0 cm³/mol. The van der Waals surface area contributed by atoms with E-state index in [2.05, 4.69) is 4.90 Å². The molecule has 0 aromatic heterocycles. The van der Waals surface area contributed by atoms with E-state index in [-0.39, 0.29) is 11.9 Å². The van der Waals surface area contributed by atoms with Gasteiger partial charge < -0.3 is 10.2 Å². The largest absolute Gasteiger partial charge is 0.388 e. The van der Waals surface area contributed by atoms with Crippen molar-refractivity contribution in [2.24, 2.45) is 0 Å². The Hall–Kier alpha value is -1.75. The van der Waals surface area contributed by atoms with Gasteiger partial charge in [-0.05, 0) is 37.4 Å². The first kappa shape index (κ1) is 17.1. The van der Waals surface area contributed by atoms with E-state index in [4.69, 9.17) is 0 Å². The topological polar surface area (TPSA) is 43.7 Å². The third-order valence-electron chi connectivity index (χ3n) is 4.85. The van der Waals surface area contributed by atoms with Crippen molar-refractivity contribution in [1.29, 1.82) is 0 Å². The number of likely N-dealkylation sites (tertiary alicyclic amines) is 1. The predicted octanol–water partition coefficient (Wildman–Crippen LogP) is 3.45. The van der Waals surface area contributed by atoms with Crippen LogP contribution in [-0.2, 0) is 0 Å². The number of rotatable bonds is 6. The van der Waals surface area contributed by atoms with Crippen molar-refractivity contribution in [2.75, 3.05) is 13.1 Å². The second-order valence-corrected chi connectivity index (χ2v) is 6.49.